The Morgan fingerprint density at radius 3 is 2.70 bits per heavy atom. The van der Waals surface area contributed by atoms with E-state index in [4.69, 9.17) is 0 Å². The van der Waals surface area contributed by atoms with Gasteiger partial charge in [-0.15, -0.1) is 0 Å². The number of esters is 1. The molecule has 2 N–H and O–H groups in total. The Hall–Kier alpha value is -1.15. The molecule has 2 fully saturated rings. The number of carbonyl (C=O) groups excluding carboxylic acids is 2. The standard InChI is InChI=1S/C12H20N2O5S/c1-19-12(16)8-4-2-6-10(8)20(17,18)14-9-5-3-7-13-11(9)15/h8-10,14H,2-7H2,1H3,(H,13,15). The van der Waals surface area contributed by atoms with Gasteiger partial charge in [-0.25, -0.2) is 13.1 Å². The molecule has 7 nitrogen and oxygen atoms in total. The van der Waals surface area contributed by atoms with Gasteiger partial charge in [-0.3, -0.25) is 9.59 Å². The lowest BCUT2D eigenvalue weighted by atomic mass is 10.1. The Morgan fingerprint density at radius 1 is 1.30 bits per heavy atom. The third-order valence-corrected chi connectivity index (χ3v) is 5.92. The molecule has 0 spiro atoms. The van der Waals surface area contributed by atoms with E-state index in [-0.39, 0.29) is 5.91 Å². The van der Waals surface area contributed by atoms with Crippen molar-refractivity contribution in [2.24, 2.45) is 5.92 Å². The average molecular weight is 304 g/mol. The predicted octanol–water partition coefficient (Wildman–Crippen LogP) is -0.474. The van der Waals surface area contributed by atoms with Crippen LogP contribution in [-0.4, -0.2) is 45.2 Å². The van der Waals surface area contributed by atoms with E-state index in [0.717, 1.165) is 6.42 Å². The molecule has 1 heterocycles. The van der Waals surface area contributed by atoms with E-state index in [1.807, 2.05) is 0 Å². The van der Waals surface area contributed by atoms with Crippen molar-refractivity contribution in [2.75, 3.05) is 13.7 Å². The van der Waals surface area contributed by atoms with Crippen molar-refractivity contribution in [3.63, 3.8) is 0 Å². The van der Waals surface area contributed by atoms with Gasteiger partial charge in [0.25, 0.3) is 0 Å². The monoisotopic (exact) mass is 304 g/mol. The van der Waals surface area contributed by atoms with Crippen molar-refractivity contribution in [3.05, 3.63) is 0 Å². The largest absolute Gasteiger partial charge is 0.469 e. The predicted molar refractivity (Wildman–Crippen MR) is 71.2 cm³/mol. The Balaban J connectivity index is 2.09. The van der Waals surface area contributed by atoms with Crippen molar-refractivity contribution in [2.45, 2.75) is 43.4 Å². The molecule has 2 aliphatic rings. The lowest BCUT2D eigenvalue weighted by Gasteiger charge is -2.25. The summed E-state index contributed by atoms with van der Waals surface area (Å²) in [5.74, 6) is -1.43. The fourth-order valence-corrected chi connectivity index (χ4v) is 4.84. The Bertz CT molecular complexity index is 490. The first-order chi connectivity index (χ1) is 9.45. The first-order valence-electron chi connectivity index (χ1n) is 6.82. The second kappa shape index (κ2) is 6.09. The second-order valence-electron chi connectivity index (χ2n) is 5.25. The smallest absolute Gasteiger partial charge is 0.310 e. The third kappa shape index (κ3) is 3.12. The van der Waals surface area contributed by atoms with E-state index < -0.39 is 33.2 Å². The molecule has 1 saturated heterocycles. The van der Waals surface area contributed by atoms with E-state index in [0.29, 0.717) is 32.2 Å². The molecule has 0 bridgehead atoms. The Morgan fingerprint density at radius 2 is 2.05 bits per heavy atom. The van der Waals surface area contributed by atoms with Crippen LogP contribution in [0.15, 0.2) is 0 Å². The summed E-state index contributed by atoms with van der Waals surface area (Å²) < 4.78 is 31.9. The molecule has 2 rings (SSSR count). The molecule has 1 aliphatic heterocycles. The number of hydrogen-bond acceptors (Lipinski definition) is 5. The van der Waals surface area contributed by atoms with Crippen molar-refractivity contribution in [1.29, 1.82) is 0 Å². The van der Waals surface area contributed by atoms with E-state index in [9.17, 15) is 18.0 Å². The van der Waals surface area contributed by atoms with Crippen LogP contribution >= 0.6 is 0 Å². The summed E-state index contributed by atoms with van der Waals surface area (Å²) in [5.41, 5.74) is 0. The van der Waals surface area contributed by atoms with Gasteiger partial charge < -0.3 is 10.1 Å². The highest BCUT2D eigenvalue weighted by Crippen LogP contribution is 2.32. The van der Waals surface area contributed by atoms with Gasteiger partial charge in [0.2, 0.25) is 15.9 Å². The van der Waals surface area contributed by atoms with E-state index in [1.54, 1.807) is 0 Å². The first-order valence-corrected chi connectivity index (χ1v) is 8.37. The minimum atomic E-state index is -3.71. The number of amides is 1. The number of hydrogen-bond donors (Lipinski definition) is 2. The molecule has 0 radical (unpaired) electrons. The minimum Gasteiger partial charge on any atom is -0.469 e. The highest BCUT2D eigenvalue weighted by molar-refractivity contribution is 7.90. The molecule has 114 valence electrons. The van der Waals surface area contributed by atoms with Gasteiger partial charge in [0.15, 0.2) is 0 Å². The number of piperidine rings is 1. The molecule has 3 atom stereocenters. The van der Waals surface area contributed by atoms with Gasteiger partial charge in [-0.2, -0.15) is 0 Å². The lowest BCUT2D eigenvalue weighted by Crippen LogP contribution is -2.53. The maximum atomic E-state index is 12.4. The zero-order valence-electron chi connectivity index (χ0n) is 11.4. The summed E-state index contributed by atoms with van der Waals surface area (Å²) in [5, 5.41) is 1.83. The van der Waals surface area contributed by atoms with Crippen LogP contribution < -0.4 is 10.0 Å². The molecule has 0 aromatic rings. The molecule has 0 aromatic heterocycles. The van der Waals surface area contributed by atoms with Gasteiger partial charge >= 0.3 is 5.97 Å². The Labute approximate surface area is 118 Å². The zero-order chi connectivity index (χ0) is 14.8. The molecule has 3 unspecified atom stereocenters. The molecule has 20 heavy (non-hydrogen) atoms. The quantitative estimate of drug-likeness (QED) is 0.684. The number of nitrogens with one attached hydrogen (secondary N) is 2. The van der Waals surface area contributed by atoms with Crippen LogP contribution in [0.2, 0.25) is 0 Å². The molecule has 8 heteroatoms. The van der Waals surface area contributed by atoms with Crippen LogP contribution in [0, 0.1) is 5.92 Å². The molecule has 0 aromatic carbocycles. The van der Waals surface area contributed by atoms with Crippen LogP contribution in [0.1, 0.15) is 32.1 Å². The topological polar surface area (TPSA) is 102 Å². The van der Waals surface area contributed by atoms with E-state index in [1.165, 1.54) is 7.11 Å². The number of ether oxygens (including phenoxy) is 1. The highest BCUT2D eigenvalue weighted by atomic mass is 32.2. The summed E-state index contributed by atoms with van der Waals surface area (Å²) in [6.45, 7) is 0.575. The summed E-state index contributed by atoms with van der Waals surface area (Å²) in [4.78, 5) is 23.3. The van der Waals surface area contributed by atoms with Gasteiger partial charge in [0.05, 0.1) is 18.3 Å². The number of rotatable bonds is 4. The van der Waals surface area contributed by atoms with Crippen LogP contribution in [0.5, 0.6) is 0 Å². The maximum absolute atomic E-state index is 12.4. The minimum absolute atomic E-state index is 0.299. The number of methoxy groups -OCH3 is 1. The van der Waals surface area contributed by atoms with E-state index >= 15 is 0 Å². The lowest BCUT2D eigenvalue weighted by molar-refractivity contribution is -0.145. The fraction of sp³-hybridized carbons (Fsp3) is 0.833. The number of carbonyl (C=O) groups is 2. The summed E-state index contributed by atoms with van der Waals surface area (Å²) in [6.07, 6.45) is 2.82. The summed E-state index contributed by atoms with van der Waals surface area (Å²) in [6, 6.07) is -0.729. The normalized spacial score (nSPS) is 30.9. The van der Waals surface area contributed by atoms with Crippen LogP contribution in [0.25, 0.3) is 0 Å². The maximum Gasteiger partial charge on any atom is 0.310 e. The SMILES string of the molecule is COC(=O)C1CCCC1S(=O)(=O)NC1CCCNC1=O. The summed E-state index contributed by atoms with van der Waals surface area (Å²) >= 11 is 0. The molecule has 1 aliphatic carbocycles. The molecule has 1 amide bonds. The molecular weight excluding hydrogens is 284 g/mol. The van der Waals surface area contributed by atoms with Gasteiger partial charge in [-0.05, 0) is 25.7 Å². The summed E-state index contributed by atoms with van der Waals surface area (Å²) in [7, 11) is -2.45. The van der Waals surface area contributed by atoms with Gasteiger partial charge in [-0.1, -0.05) is 6.42 Å². The van der Waals surface area contributed by atoms with E-state index in [2.05, 4.69) is 14.8 Å². The fourth-order valence-electron chi connectivity index (χ4n) is 2.89. The molecule has 1 saturated carbocycles. The Kier molecular flexibility index (Phi) is 4.64. The van der Waals surface area contributed by atoms with Crippen molar-refractivity contribution in [1.82, 2.24) is 10.0 Å². The van der Waals surface area contributed by atoms with Crippen molar-refractivity contribution < 1.29 is 22.7 Å². The highest BCUT2D eigenvalue weighted by Gasteiger charge is 2.43. The van der Waals surface area contributed by atoms with Crippen LogP contribution in [0.3, 0.4) is 0 Å². The van der Waals surface area contributed by atoms with Gasteiger partial charge in [0.1, 0.15) is 6.04 Å². The van der Waals surface area contributed by atoms with Crippen molar-refractivity contribution >= 4 is 21.9 Å². The van der Waals surface area contributed by atoms with Crippen LogP contribution in [-0.2, 0) is 24.3 Å². The van der Waals surface area contributed by atoms with Crippen molar-refractivity contribution in [3.8, 4) is 0 Å². The second-order valence-corrected chi connectivity index (χ2v) is 7.18. The van der Waals surface area contributed by atoms with Gasteiger partial charge in [0, 0.05) is 6.54 Å². The van der Waals surface area contributed by atoms with Crippen LogP contribution in [0.4, 0.5) is 0 Å². The average Bonchev–Trinajstić information content (AvgIpc) is 2.90. The third-order valence-electron chi connectivity index (χ3n) is 3.95. The number of sulfonamides is 1. The zero-order valence-corrected chi connectivity index (χ0v) is 12.2. The first kappa shape index (κ1) is 15.2. The molecular formula is C12H20N2O5S.